The maximum Gasteiger partial charge on any atom is 0.416 e. The first kappa shape index (κ1) is 21.8. The van der Waals surface area contributed by atoms with Crippen LogP contribution in [0.25, 0.3) is 16.6 Å². The van der Waals surface area contributed by atoms with Crippen LogP contribution >= 0.6 is 34.5 Å². The van der Waals surface area contributed by atoms with Crippen molar-refractivity contribution < 1.29 is 26.0 Å². The summed E-state index contributed by atoms with van der Waals surface area (Å²) in [5.41, 5.74) is -0.923. The molecule has 0 amide bonds. The van der Waals surface area contributed by atoms with Crippen molar-refractivity contribution in [1.82, 2.24) is 14.8 Å². The first-order valence-electron chi connectivity index (χ1n) is 8.14. The number of thiazole rings is 1. The van der Waals surface area contributed by atoms with E-state index in [1.54, 1.807) is 0 Å². The smallest absolute Gasteiger partial charge is 0.255 e. The minimum Gasteiger partial charge on any atom is -0.255 e. The van der Waals surface area contributed by atoms with E-state index in [9.17, 15) is 26.0 Å². The molecular weight excluding hydrogens is 503 g/mol. The SMILES string of the molecule is O=S(=O)(Nc1nccs1)c1cc(Cl)c(-n2nc(Cl)c3cc(C(F)(F)F)ccc32)cc1F. The lowest BCUT2D eigenvalue weighted by Crippen LogP contribution is -2.15. The van der Waals surface area contributed by atoms with Gasteiger partial charge in [-0.25, -0.2) is 22.5 Å². The molecule has 0 unspecified atom stereocenters. The van der Waals surface area contributed by atoms with Gasteiger partial charge in [0.25, 0.3) is 10.0 Å². The van der Waals surface area contributed by atoms with Crippen LogP contribution in [0.3, 0.4) is 0 Å². The molecule has 0 saturated carbocycles. The molecule has 4 aromatic rings. The van der Waals surface area contributed by atoms with Gasteiger partial charge in [0, 0.05) is 23.0 Å². The maximum absolute atomic E-state index is 14.7. The van der Waals surface area contributed by atoms with Crippen molar-refractivity contribution in [3.8, 4) is 5.69 Å². The first-order chi connectivity index (χ1) is 14.5. The minimum atomic E-state index is -4.59. The fraction of sp³-hybridized carbons (Fsp3) is 0.0588. The molecule has 14 heteroatoms. The number of fused-ring (bicyclic) bond motifs is 1. The largest absolute Gasteiger partial charge is 0.416 e. The van der Waals surface area contributed by atoms with Gasteiger partial charge in [0.2, 0.25) is 0 Å². The van der Waals surface area contributed by atoms with Crippen LogP contribution in [0.15, 0.2) is 46.8 Å². The molecule has 2 aromatic carbocycles. The molecule has 0 fully saturated rings. The predicted molar refractivity (Wildman–Crippen MR) is 109 cm³/mol. The summed E-state index contributed by atoms with van der Waals surface area (Å²) in [7, 11) is -4.34. The summed E-state index contributed by atoms with van der Waals surface area (Å²) < 4.78 is 81.8. The molecule has 31 heavy (non-hydrogen) atoms. The van der Waals surface area contributed by atoms with Gasteiger partial charge in [-0.3, -0.25) is 4.72 Å². The molecular formula is C17H8Cl2F4N4O2S2. The van der Waals surface area contributed by atoms with E-state index in [4.69, 9.17) is 23.2 Å². The molecule has 6 nitrogen and oxygen atoms in total. The zero-order valence-electron chi connectivity index (χ0n) is 14.8. The summed E-state index contributed by atoms with van der Waals surface area (Å²) >= 11 is 13.2. The Morgan fingerprint density at radius 3 is 2.52 bits per heavy atom. The summed E-state index contributed by atoms with van der Waals surface area (Å²) in [6.45, 7) is 0. The molecule has 0 aliphatic carbocycles. The maximum atomic E-state index is 14.7. The highest BCUT2D eigenvalue weighted by molar-refractivity contribution is 7.93. The van der Waals surface area contributed by atoms with E-state index < -0.39 is 32.5 Å². The normalized spacial score (nSPS) is 12.5. The van der Waals surface area contributed by atoms with Crippen molar-refractivity contribution in [3.63, 3.8) is 0 Å². The van der Waals surface area contributed by atoms with Crippen LogP contribution in [0.5, 0.6) is 0 Å². The Morgan fingerprint density at radius 2 is 1.87 bits per heavy atom. The Bertz CT molecular complexity index is 1400. The Labute approximate surface area is 186 Å². The van der Waals surface area contributed by atoms with Gasteiger partial charge >= 0.3 is 6.18 Å². The Kier molecular flexibility index (Phi) is 5.36. The van der Waals surface area contributed by atoms with Crippen LogP contribution in [0, 0.1) is 5.82 Å². The second kappa shape index (κ2) is 7.62. The lowest BCUT2D eigenvalue weighted by atomic mass is 10.1. The van der Waals surface area contributed by atoms with Crippen LogP contribution in [-0.2, 0) is 16.2 Å². The van der Waals surface area contributed by atoms with Crippen LogP contribution < -0.4 is 4.72 Å². The summed E-state index contributed by atoms with van der Waals surface area (Å²) in [4.78, 5) is 3.03. The summed E-state index contributed by atoms with van der Waals surface area (Å²) in [6.07, 6.45) is -3.23. The standard InChI is InChI=1S/C17H8Cl2F4N4O2S2/c18-10-6-14(31(28,29)26-16-24-3-4-30-16)11(20)7-13(10)27-12-2-1-8(17(21,22)23)5-9(12)15(19)25-27/h1-7H,(H,24,26). The zero-order valence-corrected chi connectivity index (χ0v) is 17.9. The highest BCUT2D eigenvalue weighted by Gasteiger charge is 2.31. The highest BCUT2D eigenvalue weighted by atomic mass is 35.5. The van der Waals surface area contributed by atoms with Gasteiger partial charge in [-0.1, -0.05) is 23.2 Å². The molecule has 4 rings (SSSR count). The van der Waals surface area contributed by atoms with Gasteiger partial charge in [0.1, 0.15) is 10.7 Å². The average molecular weight is 511 g/mol. The molecule has 0 saturated heterocycles. The Balaban J connectivity index is 1.81. The van der Waals surface area contributed by atoms with Crippen molar-refractivity contribution in [2.45, 2.75) is 11.1 Å². The van der Waals surface area contributed by atoms with Crippen molar-refractivity contribution >= 4 is 60.6 Å². The van der Waals surface area contributed by atoms with Crippen molar-refractivity contribution in [2.75, 3.05) is 4.72 Å². The van der Waals surface area contributed by atoms with Crippen molar-refractivity contribution in [3.05, 3.63) is 63.5 Å². The molecule has 0 aliphatic rings. The number of nitrogens with zero attached hydrogens (tertiary/aromatic N) is 3. The number of nitrogens with one attached hydrogen (secondary N) is 1. The van der Waals surface area contributed by atoms with Crippen LogP contribution in [0.2, 0.25) is 10.2 Å². The second-order valence-electron chi connectivity index (χ2n) is 6.11. The molecule has 0 spiro atoms. The number of halogens is 6. The monoisotopic (exact) mass is 510 g/mol. The third kappa shape index (κ3) is 4.07. The number of sulfonamides is 1. The van der Waals surface area contributed by atoms with Crippen LogP contribution in [0.1, 0.15) is 5.56 Å². The van der Waals surface area contributed by atoms with E-state index in [2.05, 4.69) is 14.8 Å². The van der Waals surface area contributed by atoms with Gasteiger partial charge < -0.3 is 0 Å². The fourth-order valence-corrected chi connectivity index (χ4v) is 5.18. The lowest BCUT2D eigenvalue weighted by molar-refractivity contribution is -0.137. The first-order valence-corrected chi connectivity index (χ1v) is 11.3. The van der Waals surface area contributed by atoms with E-state index in [0.29, 0.717) is 0 Å². The molecule has 2 heterocycles. The molecule has 1 N–H and O–H groups in total. The molecule has 0 aliphatic heterocycles. The number of benzene rings is 2. The number of hydrogen-bond donors (Lipinski definition) is 1. The summed E-state index contributed by atoms with van der Waals surface area (Å²) in [6, 6.07) is 4.41. The number of anilines is 1. The van der Waals surface area contributed by atoms with Crippen molar-refractivity contribution in [2.24, 2.45) is 0 Å². The average Bonchev–Trinajstić information content (AvgIpc) is 3.29. The lowest BCUT2D eigenvalue weighted by Gasteiger charge is -2.11. The Hall–Kier alpha value is -2.41. The molecule has 162 valence electrons. The van der Waals surface area contributed by atoms with E-state index in [-0.39, 0.29) is 31.9 Å². The Morgan fingerprint density at radius 1 is 1.13 bits per heavy atom. The second-order valence-corrected chi connectivity index (χ2v) is 9.42. The van der Waals surface area contributed by atoms with Gasteiger partial charge in [0.05, 0.1) is 21.8 Å². The third-order valence-electron chi connectivity index (χ3n) is 4.14. The van der Waals surface area contributed by atoms with E-state index in [1.165, 1.54) is 11.6 Å². The summed E-state index contributed by atoms with van der Waals surface area (Å²) in [5.74, 6) is -1.16. The predicted octanol–water partition coefficient (Wildman–Crippen LogP) is 5.75. The van der Waals surface area contributed by atoms with Crippen LogP contribution in [-0.4, -0.2) is 23.2 Å². The number of alkyl halides is 3. The molecule has 0 radical (unpaired) electrons. The third-order valence-corrected chi connectivity index (χ3v) is 6.89. The van der Waals surface area contributed by atoms with E-state index in [0.717, 1.165) is 46.4 Å². The molecule has 2 aromatic heterocycles. The van der Waals surface area contributed by atoms with Gasteiger partial charge in [-0.05, 0) is 24.3 Å². The number of hydrogen-bond acceptors (Lipinski definition) is 5. The number of aromatic nitrogens is 3. The van der Waals surface area contributed by atoms with E-state index in [1.807, 2.05) is 0 Å². The zero-order chi connectivity index (χ0) is 22.6. The van der Waals surface area contributed by atoms with Gasteiger partial charge in [-0.15, -0.1) is 11.3 Å². The van der Waals surface area contributed by atoms with E-state index >= 15 is 0 Å². The summed E-state index contributed by atoms with van der Waals surface area (Å²) in [5, 5.41) is 4.97. The quantitative estimate of drug-likeness (QED) is 0.354. The minimum absolute atomic E-state index is 0.0323. The molecule has 0 atom stereocenters. The van der Waals surface area contributed by atoms with Crippen molar-refractivity contribution in [1.29, 1.82) is 0 Å². The van der Waals surface area contributed by atoms with Gasteiger partial charge in [-0.2, -0.15) is 18.3 Å². The molecule has 0 bridgehead atoms. The topological polar surface area (TPSA) is 76.9 Å². The van der Waals surface area contributed by atoms with Gasteiger partial charge in [0.15, 0.2) is 10.3 Å². The highest BCUT2D eigenvalue weighted by Crippen LogP contribution is 2.36. The fourth-order valence-electron chi connectivity index (χ4n) is 2.77. The number of rotatable bonds is 4. The van der Waals surface area contributed by atoms with Crippen LogP contribution in [0.4, 0.5) is 22.7 Å².